The van der Waals surface area contributed by atoms with Crippen molar-refractivity contribution >= 4 is 5.95 Å². The molecular formula is C23H25FN4O3. The van der Waals surface area contributed by atoms with Crippen molar-refractivity contribution in [3.05, 3.63) is 70.5 Å². The van der Waals surface area contributed by atoms with Crippen LogP contribution in [0.1, 0.15) is 25.5 Å². The second-order valence-electron chi connectivity index (χ2n) is 7.74. The molecular weight excluding hydrogens is 399 g/mol. The van der Waals surface area contributed by atoms with Gasteiger partial charge in [-0.25, -0.2) is 9.37 Å². The topological polar surface area (TPSA) is 69.5 Å². The summed E-state index contributed by atoms with van der Waals surface area (Å²) in [6, 6.07) is 10.7. The Morgan fingerprint density at radius 2 is 2.00 bits per heavy atom. The van der Waals surface area contributed by atoms with Gasteiger partial charge in [-0.2, -0.15) is 0 Å². The maximum Gasteiger partial charge on any atom is 0.255 e. The monoisotopic (exact) mass is 424 g/mol. The molecule has 162 valence electrons. The van der Waals surface area contributed by atoms with Crippen molar-refractivity contribution in [3.8, 4) is 17.0 Å². The summed E-state index contributed by atoms with van der Waals surface area (Å²) in [4.78, 5) is 22.9. The van der Waals surface area contributed by atoms with Gasteiger partial charge in [0.15, 0.2) is 5.82 Å². The van der Waals surface area contributed by atoms with Crippen molar-refractivity contribution in [2.24, 2.45) is 7.05 Å². The number of rotatable bonds is 5. The van der Waals surface area contributed by atoms with E-state index in [4.69, 9.17) is 9.47 Å². The van der Waals surface area contributed by atoms with Crippen LogP contribution in [-0.4, -0.2) is 40.3 Å². The quantitative estimate of drug-likeness (QED) is 0.626. The Bertz CT molecular complexity index is 1110. The fourth-order valence-corrected chi connectivity index (χ4v) is 3.60. The lowest BCUT2D eigenvalue weighted by Gasteiger charge is -2.34. The van der Waals surface area contributed by atoms with Crippen LogP contribution in [-0.2, 0) is 11.8 Å². The van der Waals surface area contributed by atoms with Crippen LogP contribution in [0, 0.1) is 5.82 Å². The second-order valence-corrected chi connectivity index (χ2v) is 7.74. The second kappa shape index (κ2) is 8.85. The van der Waals surface area contributed by atoms with Crippen LogP contribution in [0.5, 0.6) is 5.75 Å². The van der Waals surface area contributed by atoms with Gasteiger partial charge in [-0.1, -0.05) is 12.1 Å². The Balaban J connectivity index is 1.61. The summed E-state index contributed by atoms with van der Waals surface area (Å²) in [5, 5.41) is 0. The Kier molecular flexibility index (Phi) is 5.99. The maximum atomic E-state index is 14.2. The molecule has 1 aromatic carbocycles. The van der Waals surface area contributed by atoms with E-state index in [-0.39, 0.29) is 29.0 Å². The van der Waals surface area contributed by atoms with Gasteiger partial charge in [0, 0.05) is 31.4 Å². The molecule has 1 aliphatic rings. The third kappa shape index (κ3) is 4.59. The minimum Gasteiger partial charge on any atom is -0.491 e. The normalized spacial score (nSPS) is 16.5. The SMILES string of the molecule is CC(C)Oc1ccc([C@H]2CN(c3nc(-c4ccncc4F)cc(=O)n3C)CCO2)cc1. The minimum absolute atomic E-state index is 0.108. The lowest BCUT2D eigenvalue weighted by atomic mass is 10.1. The number of hydrogen-bond acceptors (Lipinski definition) is 6. The van der Waals surface area contributed by atoms with Crippen LogP contribution < -0.4 is 15.2 Å². The molecule has 0 bridgehead atoms. The lowest BCUT2D eigenvalue weighted by Crippen LogP contribution is -2.41. The van der Waals surface area contributed by atoms with Crippen LogP contribution in [0.25, 0.3) is 11.3 Å². The Hall–Kier alpha value is -3.26. The highest BCUT2D eigenvalue weighted by Gasteiger charge is 2.25. The van der Waals surface area contributed by atoms with E-state index in [9.17, 15) is 9.18 Å². The summed E-state index contributed by atoms with van der Waals surface area (Å²) in [7, 11) is 1.67. The summed E-state index contributed by atoms with van der Waals surface area (Å²) in [6.07, 6.45) is 2.53. The van der Waals surface area contributed by atoms with Gasteiger partial charge in [-0.05, 0) is 37.6 Å². The van der Waals surface area contributed by atoms with E-state index in [0.717, 1.165) is 17.5 Å². The van der Waals surface area contributed by atoms with Gasteiger partial charge in [-0.15, -0.1) is 0 Å². The van der Waals surface area contributed by atoms with Crippen LogP contribution in [0.3, 0.4) is 0 Å². The van der Waals surface area contributed by atoms with E-state index in [1.807, 2.05) is 43.0 Å². The van der Waals surface area contributed by atoms with E-state index in [2.05, 4.69) is 9.97 Å². The number of halogens is 1. The van der Waals surface area contributed by atoms with Gasteiger partial charge in [0.1, 0.15) is 11.9 Å². The first-order valence-electron chi connectivity index (χ1n) is 10.2. The molecule has 1 saturated heterocycles. The number of aromatic nitrogens is 3. The van der Waals surface area contributed by atoms with Gasteiger partial charge in [0.05, 0.1) is 31.1 Å². The molecule has 3 heterocycles. The average Bonchev–Trinajstić information content (AvgIpc) is 2.76. The summed E-state index contributed by atoms with van der Waals surface area (Å²) < 4.78 is 27.4. The molecule has 0 amide bonds. The zero-order chi connectivity index (χ0) is 22.0. The van der Waals surface area contributed by atoms with Crippen LogP contribution in [0.15, 0.2) is 53.6 Å². The fraction of sp³-hybridized carbons (Fsp3) is 0.348. The van der Waals surface area contributed by atoms with Gasteiger partial charge in [0.25, 0.3) is 5.56 Å². The van der Waals surface area contributed by atoms with Crippen molar-refractivity contribution in [2.75, 3.05) is 24.6 Å². The molecule has 0 aliphatic carbocycles. The molecule has 7 nitrogen and oxygen atoms in total. The van der Waals surface area contributed by atoms with Crippen LogP contribution >= 0.6 is 0 Å². The number of ether oxygens (including phenoxy) is 2. The predicted octanol–water partition coefficient (Wildman–Crippen LogP) is 3.35. The summed E-state index contributed by atoms with van der Waals surface area (Å²) >= 11 is 0. The number of benzene rings is 1. The van der Waals surface area contributed by atoms with E-state index in [0.29, 0.717) is 25.6 Å². The molecule has 4 rings (SSSR count). The molecule has 31 heavy (non-hydrogen) atoms. The van der Waals surface area contributed by atoms with Crippen molar-refractivity contribution in [3.63, 3.8) is 0 Å². The fourth-order valence-electron chi connectivity index (χ4n) is 3.60. The zero-order valence-corrected chi connectivity index (χ0v) is 17.8. The largest absolute Gasteiger partial charge is 0.491 e. The molecule has 3 aromatic rings. The van der Waals surface area contributed by atoms with E-state index >= 15 is 0 Å². The van der Waals surface area contributed by atoms with Gasteiger partial charge in [0.2, 0.25) is 5.95 Å². The highest BCUT2D eigenvalue weighted by molar-refractivity contribution is 5.60. The van der Waals surface area contributed by atoms with Gasteiger partial charge in [-0.3, -0.25) is 14.3 Å². The molecule has 8 heteroatoms. The number of morpholine rings is 1. The predicted molar refractivity (Wildman–Crippen MR) is 116 cm³/mol. The van der Waals surface area contributed by atoms with Crippen LogP contribution in [0.4, 0.5) is 10.3 Å². The Labute approximate surface area is 180 Å². The van der Waals surface area contributed by atoms with E-state index in [1.165, 1.54) is 22.9 Å². The Morgan fingerprint density at radius 1 is 1.23 bits per heavy atom. The molecule has 2 aromatic heterocycles. The van der Waals surface area contributed by atoms with Crippen LogP contribution in [0.2, 0.25) is 0 Å². The summed E-state index contributed by atoms with van der Waals surface area (Å²) in [6.45, 7) is 5.55. The molecule has 0 saturated carbocycles. The van der Waals surface area contributed by atoms with Crippen molar-refractivity contribution in [1.29, 1.82) is 0 Å². The summed E-state index contributed by atoms with van der Waals surface area (Å²) in [5.74, 6) is 0.770. The molecule has 0 N–H and O–H groups in total. The number of hydrogen-bond donors (Lipinski definition) is 0. The molecule has 0 unspecified atom stereocenters. The smallest absolute Gasteiger partial charge is 0.255 e. The first-order valence-corrected chi connectivity index (χ1v) is 10.2. The van der Waals surface area contributed by atoms with Crippen molar-refractivity contribution in [2.45, 2.75) is 26.1 Å². The Morgan fingerprint density at radius 3 is 2.71 bits per heavy atom. The average molecular weight is 424 g/mol. The molecule has 1 fully saturated rings. The first-order chi connectivity index (χ1) is 14.9. The molecule has 1 aliphatic heterocycles. The number of anilines is 1. The number of nitrogens with zero attached hydrogens (tertiary/aromatic N) is 4. The van der Waals surface area contributed by atoms with Gasteiger partial charge >= 0.3 is 0 Å². The highest BCUT2D eigenvalue weighted by atomic mass is 19.1. The van der Waals surface area contributed by atoms with Gasteiger partial charge < -0.3 is 14.4 Å². The highest BCUT2D eigenvalue weighted by Crippen LogP contribution is 2.28. The summed E-state index contributed by atoms with van der Waals surface area (Å²) in [5.41, 5.74) is 1.30. The van der Waals surface area contributed by atoms with E-state index < -0.39 is 5.82 Å². The molecule has 0 spiro atoms. The first kappa shape index (κ1) is 21.0. The third-order valence-corrected chi connectivity index (χ3v) is 5.13. The number of pyridine rings is 1. The van der Waals surface area contributed by atoms with E-state index in [1.54, 1.807) is 7.05 Å². The molecule has 1 atom stereocenters. The minimum atomic E-state index is -0.516. The molecule has 0 radical (unpaired) electrons. The third-order valence-electron chi connectivity index (χ3n) is 5.13. The van der Waals surface area contributed by atoms with Crippen molar-refractivity contribution in [1.82, 2.24) is 14.5 Å². The van der Waals surface area contributed by atoms with Crippen molar-refractivity contribution < 1.29 is 13.9 Å². The standard InChI is InChI=1S/C23H25FN4O3/c1-15(2)31-17-6-4-16(5-7-17)21-14-28(10-11-30-21)23-26-20(12-22(29)27(23)3)18-8-9-25-13-19(18)24/h4-9,12-13,15,21H,10-11,14H2,1-3H3/t21-/m1/s1. The maximum absolute atomic E-state index is 14.2. The zero-order valence-electron chi connectivity index (χ0n) is 17.8. The lowest BCUT2D eigenvalue weighted by molar-refractivity contribution is 0.0389.